The fraction of sp³-hybridized carbons (Fsp3) is 0.308. The van der Waals surface area contributed by atoms with Gasteiger partial charge < -0.3 is 5.32 Å². The molecule has 0 atom stereocenters. The SMILES string of the molecule is CC(C)(C)NC(=O)C=Cc1ccc(Br)cc1. The average molecular weight is 282 g/mol. The van der Waals surface area contributed by atoms with Crippen molar-refractivity contribution in [3.8, 4) is 0 Å². The molecule has 0 bridgehead atoms. The Morgan fingerprint density at radius 3 is 2.31 bits per heavy atom. The van der Waals surface area contributed by atoms with Crippen molar-refractivity contribution in [2.24, 2.45) is 0 Å². The van der Waals surface area contributed by atoms with Crippen LogP contribution in [0, 0.1) is 0 Å². The Labute approximate surface area is 105 Å². The number of benzene rings is 1. The highest BCUT2D eigenvalue weighted by Gasteiger charge is 2.10. The topological polar surface area (TPSA) is 29.1 Å². The molecule has 1 amide bonds. The van der Waals surface area contributed by atoms with Crippen LogP contribution in [0.25, 0.3) is 6.08 Å². The number of hydrogen-bond acceptors (Lipinski definition) is 1. The van der Waals surface area contributed by atoms with E-state index in [-0.39, 0.29) is 11.4 Å². The van der Waals surface area contributed by atoms with Gasteiger partial charge in [-0.2, -0.15) is 0 Å². The van der Waals surface area contributed by atoms with Crippen LogP contribution in [0.1, 0.15) is 26.3 Å². The zero-order chi connectivity index (χ0) is 12.2. The van der Waals surface area contributed by atoms with Crippen LogP contribution in [0.5, 0.6) is 0 Å². The third kappa shape index (κ3) is 5.12. The summed E-state index contributed by atoms with van der Waals surface area (Å²) < 4.78 is 1.03. The number of amides is 1. The molecule has 16 heavy (non-hydrogen) atoms. The van der Waals surface area contributed by atoms with Crippen LogP contribution in [-0.2, 0) is 4.79 Å². The molecule has 0 unspecified atom stereocenters. The summed E-state index contributed by atoms with van der Waals surface area (Å²) in [5.74, 6) is -0.0737. The molecule has 0 aliphatic heterocycles. The first-order chi connectivity index (χ1) is 7.37. The van der Waals surface area contributed by atoms with Crippen molar-refractivity contribution in [3.05, 3.63) is 40.4 Å². The minimum atomic E-state index is -0.193. The fourth-order valence-electron chi connectivity index (χ4n) is 1.16. The Balaban J connectivity index is 2.60. The first-order valence-electron chi connectivity index (χ1n) is 5.13. The van der Waals surface area contributed by atoms with Gasteiger partial charge in [-0.3, -0.25) is 4.79 Å². The summed E-state index contributed by atoms with van der Waals surface area (Å²) in [6.45, 7) is 5.87. The number of carbonyl (C=O) groups excluding carboxylic acids is 1. The van der Waals surface area contributed by atoms with Gasteiger partial charge in [-0.15, -0.1) is 0 Å². The highest BCUT2D eigenvalue weighted by molar-refractivity contribution is 9.10. The van der Waals surface area contributed by atoms with Crippen LogP contribution in [0.3, 0.4) is 0 Å². The second-order valence-electron chi connectivity index (χ2n) is 4.62. The molecule has 1 aromatic carbocycles. The van der Waals surface area contributed by atoms with E-state index in [1.165, 1.54) is 0 Å². The summed E-state index contributed by atoms with van der Waals surface area (Å²) in [6, 6.07) is 7.79. The zero-order valence-corrected chi connectivity index (χ0v) is 11.3. The maximum absolute atomic E-state index is 11.5. The Morgan fingerprint density at radius 1 is 1.25 bits per heavy atom. The van der Waals surface area contributed by atoms with Crippen molar-refractivity contribution in [3.63, 3.8) is 0 Å². The third-order valence-electron chi connectivity index (χ3n) is 1.80. The second-order valence-corrected chi connectivity index (χ2v) is 5.54. The Bertz CT molecular complexity index is 387. The van der Waals surface area contributed by atoms with Crippen molar-refractivity contribution < 1.29 is 4.79 Å². The zero-order valence-electron chi connectivity index (χ0n) is 9.75. The van der Waals surface area contributed by atoms with Gasteiger partial charge in [-0.05, 0) is 44.5 Å². The molecule has 1 N–H and O–H groups in total. The van der Waals surface area contributed by atoms with E-state index in [0.29, 0.717) is 0 Å². The highest BCUT2D eigenvalue weighted by Crippen LogP contribution is 2.11. The molecule has 0 saturated carbocycles. The van der Waals surface area contributed by atoms with Crippen molar-refractivity contribution in [2.75, 3.05) is 0 Å². The predicted octanol–water partition coefficient (Wildman–Crippen LogP) is 3.38. The number of carbonyl (C=O) groups is 1. The standard InChI is InChI=1S/C13H16BrNO/c1-13(2,3)15-12(16)9-6-10-4-7-11(14)8-5-10/h4-9H,1-3H3,(H,15,16). The van der Waals surface area contributed by atoms with Gasteiger partial charge in [0.25, 0.3) is 0 Å². The normalized spacial score (nSPS) is 11.8. The van der Waals surface area contributed by atoms with Crippen LogP contribution in [-0.4, -0.2) is 11.4 Å². The molecule has 3 heteroatoms. The van der Waals surface area contributed by atoms with Gasteiger partial charge >= 0.3 is 0 Å². The summed E-state index contributed by atoms with van der Waals surface area (Å²) in [6.07, 6.45) is 3.35. The van der Waals surface area contributed by atoms with E-state index in [1.54, 1.807) is 12.2 Å². The Hall–Kier alpha value is -1.09. The molecule has 0 aromatic heterocycles. The maximum Gasteiger partial charge on any atom is 0.244 e. The third-order valence-corrected chi connectivity index (χ3v) is 2.32. The minimum absolute atomic E-state index is 0.0737. The lowest BCUT2D eigenvalue weighted by atomic mass is 10.1. The van der Waals surface area contributed by atoms with E-state index >= 15 is 0 Å². The van der Waals surface area contributed by atoms with Crippen molar-refractivity contribution in [2.45, 2.75) is 26.3 Å². The number of nitrogens with one attached hydrogen (secondary N) is 1. The smallest absolute Gasteiger partial charge is 0.244 e. The molecule has 0 aliphatic carbocycles. The Kier molecular flexibility index (Phi) is 4.30. The van der Waals surface area contributed by atoms with E-state index in [0.717, 1.165) is 10.0 Å². The molecule has 0 aliphatic rings. The van der Waals surface area contributed by atoms with Gasteiger partial charge in [0.15, 0.2) is 0 Å². The highest BCUT2D eigenvalue weighted by atomic mass is 79.9. The molecule has 0 radical (unpaired) electrons. The summed E-state index contributed by atoms with van der Waals surface area (Å²) in [4.78, 5) is 11.5. The first kappa shape index (κ1) is 13.0. The van der Waals surface area contributed by atoms with Gasteiger partial charge in [0.05, 0.1) is 0 Å². The van der Waals surface area contributed by atoms with Crippen LogP contribution < -0.4 is 5.32 Å². The van der Waals surface area contributed by atoms with Crippen molar-refractivity contribution in [1.82, 2.24) is 5.32 Å². The largest absolute Gasteiger partial charge is 0.348 e. The van der Waals surface area contributed by atoms with E-state index in [9.17, 15) is 4.79 Å². The predicted molar refractivity (Wildman–Crippen MR) is 71.1 cm³/mol. The summed E-state index contributed by atoms with van der Waals surface area (Å²) in [7, 11) is 0. The number of rotatable bonds is 2. The molecule has 0 heterocycles. The molecule has 1 rings (SSSR count). The lowest BCUT2D eigenvalue weighted by molar-refractivity contribution is -0.117. The second kappa shape index (κ2) is 5.30. The Morgan fingerprint density at radius 2 is 1.81 bits per heavy atom. The maximum atomic E-state index is 11.5. The minimum Gasteiger partial charge on any atom is -0.348 e. The van der Waals surface area contributed by atoms with E-state index in [2.05, 4.69) is 21.2 Å². The summed E-state index contributed by atoms with van der Waals surface area (Å²) >= 11 is 3.36. The lowest BCUT2D eigenvalue weighted by Crippen LogP contribution is -2.39. The number of hydrogen-bond donors (Lipinski definition) is 1. The van der Waals surface area contributed by atoms with Gasteiger partial charge in [0.1, 0.15) is 0 Å². The monoisotopic (exact) mass is 281 g/mol. The first-order valence-corrected chi connectivity index (χ1v) is 5.92. The molecule has 0 saturated heterocycles. The summed E-state index contributed by atoms with van der Waals surface area (Å²) in [5.41, 5.74) is 0.813. The van der Waals surface area contributed by atoms with Crippen LogP contribution in [0.4, 0.5) is 0 Å². The van der Waals surface area contributed by atoms with Gasteiger partial charge in [0.2, 0.25) is 5.91 Å². The summed E-state index contributed by atoms with van der Waals surface area (Å²) in [5, 5.41) is 2.87. The van der Waals surface area contributed by atoms with E-state index < -0.39 is 0 Å². The van der Waals surface area contributed by atoms with E-state index in [1.807, 2.05) is 45.0 Å². The number of halogens is 1. The van der Waals surface area contributed by atoms with Gasteiger partial charge in [0, 0.05) is 16.1 Å². The molecule has 86 valence electrons. The quantitative estimate of drug-likeness (QED) is 0.828. The molecule has 2 nitrogen and oxygen atoms in total. The average Bonchev–Trinajstić information content (AvgIpc) is 2.14. The molecule has 0 fully saturated rings. The van der Waals surface area contributed by atoms with Crippen LogP contribution >= 0.6 is 15.9 Å². The van der Waals surface area contributed by atoms with Crippen LogP contribution in [0.15, 0.2) is 34.8 Å². The van der Waals surface area contributed by atoms with Crippen molar-refractivity contribution in [1.29, 1.82) is 0 Å². The van der Waals surface area contributed by atoms with E-state index in [4.69, 9.17) is 0 Å². The molecule has 1 aromatic rings. The fourth-order valence-corrected chi connectivity index (χ4v) is 1.42. The van der Waals surface area contributed by atoms with Gasteiger partial charge in [-0.25, -0.2) is 0 Å². The van der Waals surface area contributed by atoms with Crippen molar-refractivity contribution >= 4 is 27.9 Å². The molecular weight excluding hydrogens is 266 g/mol. The molecular formula is C13H16BrNO. The molecule has 0 spiro atoms. The van der Waals surface area contributed by atoms with Crippen LogP contribution in [0.2, 0.25) is 0 Å². The van der Waals surface area contributed by atoms with Gasteiger partial charge in [-0.1, -0.05) is 28.1 Å². The lowest BCUT2D eigenvalue weighted by Gasteiger charge is -2.18.